The van der Waals surface area contributed by atoms with Crippen molar-refractivity contribution in [2.24, 2.45) is 0 Å². The molecule has 0 aliphatic heterocycles. The molecule has 0 amide bonds. The van der Waals surface area contributed by atoms with Crippen molar-refractivity contribution < 1.29 is 4.79 Å². The Balaban J connectivity index is 3.40. The van der Waals surface area contributed by atoms with E-state index in [0.29, 0.717) is 25.9 Å². The number of aldehydes is 1. The molecule has 0 bridgehead atoms. The van der Waals surface area contributed by atoms with Crippen molar-refractivity contribution in [3.63, 3.8) is 0 Å². The first-order valence-electron chi connectivity index (χ1n) is 2.61. The Labute approximate surface area is 85.2 Å². The highest BCUT2D eigenvalue weighted by atomic mass is 79.9. The fraction of sp³-hybridized carbons (Fsp3) is 0. The van der Waals surface area contributed by atoms with Gasteiger partial charge >= 0.3 is 0 Å². The Morgan fingerprint density at radius 1 is 1.55 bits per heavy atom. The minimum Gasteiger partial charge on any atom is -0.298 e. The van der Waals surface area contributed by atoms with Crippen LogP contribution in [0.3, 0.4) is 0 Å². The van der Waals surface area contributed by atoms with Crippen LogP contribution in [0.1, 0.15) is 10.4 Å². The molecule has 0 aliphatic carbocycles. The van der Waals surface area contributed by atoms with Crippen LogP contribution in [0.5, 0.6) is 0 Å². The second-order valence-corrected chi connectivity index (χ2v) is 3.73. The first-order chi connectivity index (χ1) is 5.16. The van der Waals surface area contributed by atoms with E-state index in [0.717, 1.165) is 0 Å². The zero-order chi connectivity index (χ0) is 8.43. The molecule has 11 heavy (non-hydrogen) atoms. The summed E-state index contributed by atoms with van der Waals surface area (Å²) in [6.07, 6.45) is 2.19. The molecule has 0 aliphatic rings. The highest BCUT2D eigenvalue weighted by Gasteiger charge is 2.08. The molecule has 0 spiro atoms. The molecule has 58 valence electrons. The summed E-state index contributed by atoms with van der Waals surface area (Å²) in [5.74, 6) is 0. The average molecular weight is 299 g/mol. The van der Waals surface area contributed by atoms with E-state index in [1.54, 1.807) is 0 Å². The quantitative estimate of drug-likeness (QED) is 0.589. The van der Waals surface area contributed by atoms with Gasteiger partial charge in [-0.3, -0.25) is 4.79 Å². The lowest BCUT2D eigenvalue weighted by Gasteiger charge is -1.99. The molecule has 0 saturated carbocycles. The summed E-state index contributed by atoms with van der Waals surface area (Å²) in [7, 11) is 0. The molecular formula is C6H2Br2ClNO. The van der Waals surface area contributed by atoms with Crippen LogP contribution >= 0.6 is 43.5 Å². The minimum absolute atomic E-state index is 0.328. The van der Waals surface area contributed by atoms with Gasteiger partial charge in [0.2, 0.25) is 0 Å². The van der Waals surface area contributed by atoms with Gasteiger partial charge in [-0.05, 0) is 31.9 Å². The van der Waals surface area contributed by atoms with Gasteiger partial charge in [0.15, 0.2) is 6.29 Å². The monoisotopic (exact) mass is 297 g/mol. The standard InChI is InChI=1S/C6H2Br2ClNO/c7-4-1-10-6(8)5(9)3(4)2-11/h1-2H. The summed E-state index contributed by atoms with van der Waals surface area (Å²) in [5.41, 5.74) is 0.411. The van der Waals surface area contributed by atoms with Crippen molar-refractivity contribution >= 4 is 49.7 Å². The normalized spacial score (nSPS) is 9.73. The van der Waals surface area contributed by atoms with Gasteiger partial charge in [0.1, 0.15) is 4.60 Å². The summed E-state index contributed by atoms with van der Waals surface area (Å²) in [6.45, 7) is 0. The molecule has 1 aromatic heterocycles. The van der Waals surface area contributed by atoms with E-state index in [1.807, 2.05) is 0 Å². The smallest absolute Gasteiger partial charge is 0.152 e. The molecule has 0 unspecified atom stereocenters. The predicted octanol–water partition coefficient (Wildman–Crippen LogP) is 3.07. The van der Waals surface area contributed by atoms with Crippen molar-refractivity contribution in [1.29, 1.82) is 0 Å². The Kier molecular flexibility index (Phi) is 3.04. The lowest BCUT2D eigenvalue weighted by atomic mass is 10.3. The molecular weight excluding hydrogens is 297 g/mol. The molecule has 0 N–H and O–H groups in total. The van der Waals surface area contributed by atoms with Crippen molar-refractivity contribution in [2.75, 3.05) is 0 Å². The van der Waals surface area contributed by atoms with Crippen LogP contribution in [0, 0.1) is 0 Å². The third-order valence-electron chi connectivity index (χ3n) is 1.08. The number of hydrogen-bond acceptors (Lipinski definition) is 2. The molecule has 0 aromatic carbocycles. The van der Waals surface area contributed by atoms with E-state index in [1.165, 1.54) is 6.20 Å². The number of nitrogens with zero attached hydrogens (tertiary/aromatic N) is 1. The van der Waals surface area contributed by atoms with Gasteiger partial charge in [-0.1, -0.05) is 11.6 Å². The van der Waals surface area contributed by atoms with Crippen LogP contribution in [0.4, 0.5) is 0 Å². The molecule has 0 saturated heterocycles. The van der Waals surface area contributed by atoms with Gasteiger partial charge < -0.3 is 0 Å². The van der Waals surface area contributed by atoms with Gasteiger partial charge in [-0.15, -0.1) is 0 Å². The van der Waals surface area contributed by atoms with Crippen LogP contribution in [0.2, 0.25) is 5.02 Å². The molecule has 1 aromatic rings. The lowest BCUT2D eigenvalue weighted by Crippen LogP contribution is -1.88. The van der Waals surface area contributed by atoms with Crippen LogP contribution in [0.25, 0.3) is 0 Å². The number of carbonyl (C=O) groups excluding carboxylic acids is 1. The maximum Gasteiger partial charge on any atom is 0.152 e. The largest absolute Gasteiger partial charge is 0.298 e. The van der Waals surface area contributed by atoms with Gasteiger partial charge in [0.25, 0.3) is 0 Å². The summed E-state index contributed by atoms with van der Waals surface area (Å²) in [6, 6.07) is 0. The van der Waals surface area contributed by atoms with E-state index in [-0.39, 0.29) is 0 Å². The first kappa shape index (κ1) is 9.16. The summed E-state index contributed by atoms with van der Waals surface area (Å²) in [4.78, 5) is 14.3. The third-order valence-corrected chi connectivity index (χ3v) is 2.93. The summed E-state index contributed by atoms with van der Waals surface area (Å²) >= 11 is 12.0. The number of pyridine rings is 1. The number of rotatable bonds is 1. The molecule has 0 atom stereocenters. The number of hydrogen-bond donors (Lipinski definition) is 0. The van der Waals surface area contributed by atoms with E-state index in [2.05, 4.69) is 36.8 Å². The van der Waals surface area contributed by atoms with Gasteiger partial charge in [0, 0.05) is 10.7 Å². The highest BCUT2D eigenvalue weighted by Crippen LogP contribution is 2.27. The highest BCUT2D eigenvalue weighted by molar-refractivity contribution is 9.11. The predicted molar refractivity (Wildman–Crippen MR) is 50.0 cm³/mol. The minimum atomic E-state index is 0.328. The Hall–Kier alpha value is 0.0700. The Morgan fingerprint density at radius 3 is 2.64 bits per heavy atom. The second-order valence-electron chi connectivity index (χ2n) is 1.74. The van der Waals surface area contributed by atoms with Crippen molar-refractivity contribution in [2.45, 2.75) is 0 Å². The van der Waals surface area contributed by atoms with E-state index >= 15 is 0 Å². The van der Waals surface area contributed by atoms with Gasteiger partial charge in [-0.2, -0.15) is 0 Å². The van der Waals surface area contributed by atoms with Crippen molar-refractivity contribution in [3.8, 4) is 0 Å². The zero-order valence-corrected chi connectivity index (χ0v) is 9.07. The van der Waals surface area contributed by atoms with E-state index < -0.39 is 0 Å². The Morgan fingerprint density at radius 2 is 2.18 bits per heavy atom. The topological polar surface area (TPSA) is 30.0 Å². The average Bonchev–Trinajstić information content (AvgIpc) is 1.99. The van der Waals surface area contributed by atoms with Crippen LogP contribution in [-0.4, -0.2) is 11.3 Å². The molecule has 1 rings (SSSR count). The van der Waals surface area contributed by atoms with Crippen LogP contribution in [-0.2, 0) is 0 Å². The summed E-state index contributed by atoms with van der Waals surface area (Å²) in [5, 5.41) is 0.328. The molecule has 0 fully saturated rings. The van der Waals surface area contributed by atoms with E-state index in [4.69, 9.17) is 11.6 Å². The molecule has 2 nitrogen and oxygen atoms in total. The molecule has 1 heterocycles. The SMILES string of the molecule is O=Cc1c(Br)cnc(Br)c1Cl. The third kappa shape index (κ3) is 1.80. The van der Waals surface area contributed by atoms with Crippen molar-refractivity contribution in [1.82, 2.24) is 4.98 Å². The van der Waals surface area contributed by atoms with Gasteiger partial charge in [-0.25, -0.2) is 4.98 Å². The number of carbonyl (C=O) groups is 1. The van der Waals surface area contributed by atoms with Crippen molar-refractivity contribution in [3.05, 3.63) is 25.9 Å². The van der Waals surface area contributed by atoms with Crippen LogP contribution < -0.4 is 0 Å². The van der Waals surface area contributed by atoms with E-state index in [9.17, 15) is 4.79 Å². The maximum absolute atomic E-state index is 10.4. The maximum atomic E-state index is 10.4. The second kappa shape index (κ2) is 3.65. The Bertz CT molecular complexity index is 303. The zero-order valence-electron chi connectivity index (χ0n) is 5.14. The molecule has 0 radical (unpaired) electrons. The number of aromatic nitrogens is 1. The number of halogens is 3. The first-order valence-corrected chi connectivity index (χ1v) is 4.58. The summed E-state index contributed by atoms with van der Waals surface area (Å²) < 4.78 is 1.07. The fourth-order valence-corrected chi connectivity index (χ4v) is 1.58. The van der Waals surface area contributed by atoms with Gasteiger partial charge in [0.05, 0.1) is 10.6 Å². The fourth-order valence-electron chi connectivity index (χ4n) is 0.564. The lowest BCUT2D eigenvalue weighted by molar-refractivity contribution is 0.112. The molecule has 5 heteroatoms. The van der Waals surface area contributed by atoms with Crippen LogP contribution in [0.15, 0.2) is 15.3 Å².